The molecule has 3 heterocycles. The van der Waals surface area contributed by atoms with Crippen LogP contribution in [0, 0.1) is 30.6 Å². The summed E-state index contributed by atoms with van der Waals surface area (Å²) in [6.45, 7) is 1.77. The molecule has 2 N–H and O–H groups in total. The lowest BCUT2D eigenvalue weighted by Gasteiger charge is -2.50. The van der Waals surface area contributed by atoms with Crippen LogP contribution in [0.15, 0.2) is 125 Å². The van der Waals surface area contributed by atoms with Crippen LogP contribution in [0.25, 0.3) is 22.6 Å². The molecule has 0 bridgehead atoms. The molecule has 3 fully saturated rings. The first kappa shape index (κ1) is 37.8. The smallest absolute Gasteiger partial charge is 0.260 e. The van der Waals surface area contributed by atoms with E-state index in [-0.39, 0.29) is 41.1 Å². The fourth-order valence-electron chi connectivity index (χ4n) is 10.1. The third-order valence-electron chi connectivity index (χ3n) is 12.8. The maximum absolute atomic E-state index is 15.5. The van der Waals surface area contributed by atoms with Crippen LogP contribution in [0.4, 0.5) is 11.4 Å². The molecule has 2 saturated heterocycles. The topological polar surface area (TPSA) is 142 Å². The maximum atomic E-state index is 15.5. The van der Waals surface area contributed by atoms with Crippen LogP contribution in [0.3, 0.4) is 0 Å². The number of hydrazine groups is 1. The predicted molar refractivity (Wildman–Crippen MR) is 225 cm³/mol. The number of carbonyl (C=O) groups excluding carboxylic acids is 4. The number of nitrogens with zero attached hydrogens (tertiary/aromatic N) is 3. The Morgan fingerprint density at radius 1 is 0.867 bits per heavy atom. The number of aromatic hydroxyl groups is 1. The highest BCUT2D eigenvalue weighted by Gasteiger charge is 2.70. The van der Waals surface area contributed by atoms with Crippen molar-refractivity contribution in [2.45, 2.75) is 31.1 Å². The monoisotopic (exact) mass is 838 g/mol. The first-order chi connectivity index (χ1) is 29.0. The number of rotatable bonds is 7. The molecule has 300 valence electrons. The number of nitrogens with one attached hydrogen (secondary N) is 1. The van der Waals surface area contributed by atoms with Gasteiger partial charge in [0.2, 0.25) is 17.7 Å². The van der Waals surface area contributed by atoms with Crippen LogP contribution in [0.5, 0.6) is 11.5 Å². The van der Waals surface area contributed by atoms with Crippen molar-refractivity contribution >= 4 is 69.3 Å². The van der Waals surface area contributed by atoms with Gasteiger partial charge in [-0.15, -0.1) is 0 Å². The van der Waals surface area contributed by atoms with E-state index >= 15 is 9.59 Å². The molecule has 60 heavy (non-hydrogen) atoms. The van der Waals surface area contributed by atoms with Crippen molar-refractivity contribution in [1.29, 1.82) is 0 Å². The molecule has 0 radical (unpaired) electrons. The normalized spacial score (nSPS) is 24.7. The van der Waals surface area contributed by atoms with E-state index in [9.17, 15) is 14.7 Å². The minimum Gasteiger partial charge on any atom is -0.507 e. The number of imide groups is 2. The van der Waals surface area contributed by atoms with Crippen LogP contribution in [0.1, 0.15) is 35.4 Å². The molecule has 2 aliphatic heterocycles. The Kier molecular flexibility index (Phi) is 8.89. The average molecular weight is 840 g/mol. The minimum atomic E-state index is -1.61. The fraction of sp³-hybridized carbons (Fsp3) is 0.213. The number of carbonyl (C=O) groups is 4. The molecular formula is C47H36Cl2N4O7. The van der Waals surface area contributed by atoms with E-state index in [1.165, 1.54) is 11.0 Å². The van der Waals surface area contributed by atoms with Gasteiger partial charge in [-0.2, -0.15) is 5.01 Å². The van der Waals surface area contributed by atoms with E-state index in [2.05, 4.69) is 10.4 Å². The zero-order valence-corrected chi connectivity index (χ0v) is 33.8. The van der Waals surface area contributed by atoms with Gasteiger partial charge in [-0.25, -0.2) is 4.98 Å². The van der Waals surface area contributed by atoms with E-state index in [0.717, 1.165) is 5.01 Å². The second-order valence-electron chi connectivity index (χ2n) is 15.8. The van der Waals surface area contributed by atoms with Gasteiger partial charge in [0.05, 0.1) is 46.7 Å². The van der Waals surface area contributed by atoms with Gasteiger partial charge in [0.1, 0.15) is 17.0 Å². The molecule has 10 rings (SSSR count). The number of benzene rings is 5. The summed E-state index contributed by atoms with van der Waals surface area (Å²) >= 11 is 12.8. The van der Waals surface area contributed by atoms with E-state index in [4.69, 9.17) is 32.4 Å². The van der Waals surface area contributed by atoms with Crippen molar-refractivity contribution in [3.63, 3.8) is 0 Å². The fourth-order valence-corrected chi connectivity index (χ4v) is 10.6. The number of amides is 4. The van der Waals surface area contributed by atoms with Crippen LogP contribution in [0.2, 0.25) is 10.0 Å². The molecular weight excluding hydrogens is 803 g/mol. The molecule has 4 aliphatic rings. The Labute approximate surface area is 354 Å². The summed E-state index contributed by atoms with van der Waals surface area (Å²) in [5.41, 5.74) is 6.36. The minimum absolute atomic E-state index is 0.0281. The van der Waals surface area contributed by atoms with Gasteiger partial charge in [-0.3, -0.25) is 29.5 Å². The van der Waals surface area contributed by atoms with Crippen molar-refractivity contribution in [2.24, 2.45) is 23.7 Å². The zero-order chi connectivity index (χ0) is 41.6. The molecule has 1 aromatic heterocycles. The number of oxazole rings is 1. The summed E-state index contributed by atoms with van der Waals surface area (Å²) < 4.78 is 11.4. The van der Waals surface area contributed by atoms with E-state index in [1.54, 1.807) is 92.9 Å². The molecule has 6 aromatic rings. The van der Waals surface area contributed by atoms with E-state index < -0.39 is 46.8 Å². The maximum Gasteiger partial charge on any atom is 0.260 e. The zero-order valence-electron chi connectivity index (χ0n) is 32.3. The molecule has 2 aliphatic carbocycles. The number of para-hydroxylation sites is 3. The van der Waals surface area contributed by atoms with E-state index in [1.807, 2.05) is 30.3 Å². The molecule has 4 amide bonds. The van der Waals surface area contributed by atoms with Gasteiger partial charge >= 0.3 is 0 Å². The summed E-state index contributed by atoms with van der Waals surface area (Å²) in [6.07, 6.45) is 2.24. The Morgan fingerprint density at radius 3 is 2.37 bits per heavy atom. The van der Waals surface area contributed by atoms with Gasteiger partial charge in [-0.05, 0) is 104 Å². The highest BCUT2D eigenvalue weighted by Crippen LogP contribution is 2.65. The number of anilines is 2. The lowest BCUT2D eigenvalue weighted by molar-refractivity contribution is -0.138. The van der Waals surface area contributed by atoms with Crippen LogP contribution >= 0.6 is 23.2 Å². The summed E-state index contributed by atoms with van der Waals surface area (Å²) in [7, 11) is 1.54. The lowest BCUT2D eigenvalue weighted by Crippen LogP contribution is -2.53. The number of fused-ring (bicyclic) bond motifs is 5. The van der Waals surface area contributed by atoms with Crippen molar-refractivity contribution in [1.82, 2.24) is 9.99 Å². The second-order valence-corrected chi connectivity index (χ2v) is 16.6. The third kappa shape index (κ3) is 5.52. The highest BCUT2D eigenvalue weighted by atomic mass is 35.5. The van der Waals surface area contributed by atoms with Gasteiger partial charge in [0.15, 0.2) is 5.58 Å². The Balaban J connectivity index is 1.09. The molecule has 11 nitrogen and oxygen atoms in total. The largest absolute Gasteiger partial charge is 0.507 e. The standard InChI is InChI=1S/C47H36Cl2N4O7/c1-24-6-5-7-32(41(24)54)40-30-19-20-31-39(45(57)52(43(31)55)28-15-10-25(11-16-28)42-50-37-8-3-4-9-38(37)60-42)33(30)23-34-44(56)53(51-36-21-14-27(48)22-35(36)49)46(58)47(34,40)26-12-17-29(59-2)18-13-26/h3-19,21-22,31,33-34,39-40,51,54H,20,23H2,1-2H3/t31-,33+,34-,39-,40+,47+/m0/s1. The van der Waals surface area contributed by atoms with Crippen LogP contribution < -0.4 is 15.1 Å². The van der Waals surface area contributed by atoms with Gasteiger partial charge < -0.3 is 14.3 Å². The number of allylic oxidation sites excluding steroid dienone is 2. The molecule has 5 aromatic carbocycles. The lowest BCUT2D eigenvalue weighted by atomic mass is 9.49. The Hall–Kier alpha value is -6.43. The summed E-state index contributed by atoms with van der Waals surface area (Å²) in [4.78, 5) is 65.6. The summed E-state index contributed by atoms with van der Waals surface area (Å²) in [5, 5.41) is 13.5. The van der Waals surface area contributed by atoms with Gasteiger partial charge in [-0.1, -0.05) is 77.3 Å². The van der Waals surface area contributed by atoms with Crippen molar-refractivity contribution in [3.8, 4) is 23.0 Å². The molecule has 1 saturated carbocycles. The highest BCUT2D eigenvalue weighted by molar-refractivity contribution is 6.36. The third-order valence-corrected chi connectivity index (χ3v) is 13.4. The Bertz CT molecular complexity index is 2790. The van der Waals surface area contributed by atoms with Crippen molar-refractivity contribution in [2.75, 3.05) is 17.4 Å². The molecule has 0 unspecified atom stereocenters. The number of aromatic nitrogens is 1. The van der Waals surface area contributed by atoms with Crippen LogP contribution in [-0.4, -0.2) is 45.8 Å². The first-order valence-corrected chi connectivity index (χ1v) is 20.3. The number of hydrogen-bond acceptors (Lipinski definition) is 9. The number of halogens is 2. The number of phenolic OH excluding ortho intramolecular Hbond substituents is 1. The average Bonchev–Trinajstić information content (AvgIpc) is 3.87. The number of hydrogen-bond donors (Lipinski definition) is 2. The molecule has 6 atom stereocenters. The van der Waals surface area contributed by atoms with Gasteiger partial charge in [0.25, 0.3) is 11.8 Å². The van der Waals surface area contributed by atoms with E-state index in [0.29, 0.717) is 61.3 Å². The second kappa shape index (κ2) is 14.1. The number of aryl methyl sites for hydroxylation is 1. The number of ether oxygens (including phenoxy) is 1. The SMILES string of the molecule is COc1ccc([C@@]23C(=O)N(Nc4ccc(Cl)cc4Cl)C(=O)[C@@H]2C[C@@H]2C(=CC[C@@H]4C(=O)N(c5ccc(-c6nc7ccccc7o6)cc5)C(=O)[C@@H]42)[C@@H]3c2cccc(C)c2O)cc1. The van der Waals surface area contributed by atoms with Crippen molar-refractivity contribution < 1.29 is 33.4 Å². The summed E-state index contributed by atoms with van der Waals surface area (Å²) in [5.74, 6) is -5.06. The quantitative estimate of drug-likeness (QED) is 0.119. The van der Waals surface area contributed by atoms with Gasteiger partial charge in [0, 0.05) is 22.1 Å². The van der Waals surface area contributed by atoms with Crippen molar-refractivity contribution in [3.05, 3.63) is 148 Å². The summed E-state index contributed by atoms with van der Waals surface area (Å²) in [6, 6.07) is 31.4. The first-order valence-electron chi connectivity index (χ1n) is 19.6. The number of methoxy groups -OCH3 is 1. The van der Waals surface area contributed by atoms with Crippen LogP contribution in [-0.2, 0) is 24.6 Å². The molecule has 13 heteroatoms. The number of phenols is 1. The Morgan fingerprint density at radius 2 is 1.63 bits per heavy atom. The predicted octanol–water partition coefficient (Wildman–Crippen LogP) is 9.01. The molecule has 0 spiro atoms.